The van der Waals surface area contributed by atoms with Crippen molar-refractivity contribution in [3.63, 3.8) is 0 Å². The van der Waals surface area contributed by atoms with Crippen molar-refractivity contribution in [1.29, 1.82) is 5.26 Å². The van der Waals surface area contributed by atoms with Crippen LogP contribution in [-0.4, -0.2) is 0 Å². The zero-order valence-corrected chi connectivity index (χ0v) is 14.5. The number of benzene rings is 1. The van der Waals surface area contributed by atoms with Crippen LogP contribution in [0.25, 0.3) is 0 Å². The van der Waals surface area contributed by atoms with E-state index in [2.05, 4.69) is 43.0 Å². The highest BCUT2D eigenvalue weighted by Gasteiger charge is 2.19. The summed E-state index contributed by atoms with van der Waals surface area (Å²) in [7, 11) is 0. The minimum atomic E-state index is 0.466. The van der Waals surface area contributed by atoms with Crippen molar-refractivity contribution in [3.8, 4) is 17.9 Å². The molecule has 0 N–H and O–H groups in total. The molecule has 1 aliphatic rings. The van der Waals surface area contributed by atoms with Crippen LogP contribution in [0.5, 0.6) is 0 Å². The number of hydrogen-bond donors (Lipinski definition) is 0. The van der Waals surface area contributed by atoms with E-state index in [1.54, 1.807) is 0 Å². The Kier molecular flexibility index (Phi) is 7.75. The zero-order valence-electron chi connectivity index (χ0n) is 14.5. The molecule has 0 bridgehead atoms. The topological polar surface area (TPSA) is 23.8 Å². The van der Waals surface area contributed by atoms with Gasteiger partial charge in [0.15, 0.2) is 6.07 Å². The predicted octanol–water partition coefficient (Wildman–Crippen LogP) is 5.69. The van der Waals surface area contributed by atoms with Gasteiger partial charge in [0.2, 0.25) is 0 Å². The molecule has 1 aromatic carbocycles. The molecule has 23 heavy (non-hydrogen) atoms. The molecule has 0 aromatic heterocycles. The van der Waals surface area contributed by atoms with Crippen LogP contribution < -0.4 is 0 Å². The Balaban J connectivity index is 1.69. The summed E-state index contributed by atoms with van der Waals surface area (Å²) in [5, 5.41) is 8.52. The second-order valence-corrected chi connectivity index (χ2v) is 6.91. The molecule has 122 valence electrons. The maximum absolute atomic E-state index is 8.52. The van der Waals surface area contributed by atoms with Crippen molar-refractivity contribution in [2.45, 2.75) is 71.1 Å². The van der Waals surface area contributed by atoms with Gasteiger partial charge in [-0.3, -0.25) is 0 Å². The van der Waals surface area contributed by atoms with Gasteiger partial charge in [0, 0.05) is 11.8 Å². The Morgan fingerprint density at radius 2 is 1.61 bits per heavy atom. The molecular formula is C22H29N. The molecule has 1 fully saturated rings. The molecule has 0 aliphatic heterocycles. The molecule has 1 heteroatoms. The van der Waals surface area contributed by atoms with Gasteiger partial charge >= 0.3 is 0 Å². The lowest BCUT2D eigenvalue weighted by Crippen LogP contribution is -2.14. The van der Waals surface area contributed by atoms with Gasteiger partial charge in [0.25, 0.3) is 0 Å². The summed E-state index contributed by atoms with van der Waals surface area (Å²) < 4.78 is 0. The lowest BCUT2D eigenvalue weighted by atomic mass is 9.80. The van der Waals surface area contributed by atoms with E-state index < -0.39 is 0 Å². The van der Waals surface area contributed by atoms with Crippen LogP contribution in [0.1, 0.15) is 69.4 Å². The number of unbranched alkanes of at least 4 members (excludes halogenated alkanes) is 2. The maximum atomic E-state index is 8.52. The van der Waals surface area contributed by atoms with Crippen LogP contribution in [0.15, 0.2) is 24.3 Å². The predicted molar refractivity (Wildman–Crippen MR) is 96.8 cm³/mol. The molecular weight excluding hydrogens is 278 g/mol. The highest BCUT2D eigenvalue weighted by molar-refractivity contribution is 5.23. The van der Waals surface area contributed by atoms with E-state index in [0.717, 1.165) is 5.92 Å². The van der Waals surface area contributed by atoms with Crippen LogP contribution in [-0.2, 0) is 12.8 Å². The van der Waals surface area contributed by atoms with Crippen molar-refractivity contribution in [2.75, 3.05) is 0 Å². The Morgan fingerprint density at radius 3 is 2.22 bits per heavy atom. The normalized spacial score (nSPS) is 20.3. The van der Waals surface area contributed by atoms with Crippen LogP contribution >= 0.6 is 0 Å². The first-order valence-electron chi connectivity index (χ1n) is 9.29. The third-order valence-corrected chi connectivity index (χ3v) is 5.11. The fourth-order valence-electron chi connectivity index (χ4n) is 3.55. The molecule has 1 aromatic rings. The number of aryl methyl sites for hydroxylation is 2. The van der Waals surface area contributed by atoms with E-state index in [4.69, 9.17) is 5.26 Å². The van der Waals surface area contributed by atoms with E-state index in [0.29, 0.717) is 5.92 Å². The largest absolute Gasteiger partial charge is 0.183 e. The minimum absolute atomic E-state index is 0.466. The van der Waals surface area contributed by atoms with Gasteiger partial charge in [-0.1, -0.05) is 50.0 Å². The molecule has 1 saturated carbocycles. The molecule has 0 atom stereocenters. The van der Waals surface area contributed by atoms with Crippen molar-refractivity contribution in [1.82, 2.24) is 0 Å². The van der Waals surface area contributed by atoms with Gasteiger partial charge < -0.3 is 0 Å². The van der Waals surface area contributed by atoms with Gasteiger partial charge in [0.05, 0.1) is 0 Å². The number of nitriles is 1. The molecule has 2 rings (SSSR count). The Hall–Kier alpha value is -1.73. The van der Waals surface area contributed by atoms with Gasteiger partial charge in [-0.05, 0) is 68.4 Å². The molecule has 1 nitrogen and oxygen atoms in total. The Labute approximate surface area is 142 Å². The highest BCUT2D eigenvalue weighted by Crippen LogP contribution is 2.31. The molecule has 0 amide bonds. The summed E-state index contributed by atoms with van der Waals surface area (Å²) in [4.78, 5) is 0. The van der Waals surface area contributed by atoms with E-state index in [9.17, 15) is 0 Å². The van der Waals surface area contributed by atoms with E-state index in [-0.39, 0.29) is 0 Å². The first kappa shape index (κ1) is 17.6. The molecule has 0 radical (unpaired) electrons. The second-order valence-electron chi connectivity index (χ2n) is 6.91. The number of nitrogens with zero attached hydrogens (tertiary/aromatic N) is 1. The quantitative estimate of drug-likeness (QED) is 0.469. The molecule has 0 heterocycles. The third-order valence-electron chi connectivity index (χ3n) is 5.11. The maximum Gasteiger partial charge on any atom is 0.152 e. The van der Waals surface area contributed by atoms with Crippen molar-refractivity contribution in [3.05, 3.63) is 35.4 Å². The van der Waals surface area contributed by atoms with Crippen LogP contribution in [0.2, 0.25) is 0 Å². The van der Waals surface area contributed by atoms with Crippen LogP contribution in [0.3, 0.4) is 0 Å². The average molecular weight is 307 g/mol. The van der Waals surface area contributed by atoms with Crippen LogP contribution in [0.4, 0.5) is 0 Å². The van der Waals surface area contributed by atoms with Gasteiger partial charge in [-0.15, -0.1) is 0 Å². The molecule has 1 aliphatic carbocycles. The summed E-state index contributed by atoms with van der Waals surface area (Å²) in [6, 6.07) is 11.2. The summed E-state index contributed by atoms with van der Waals surface area (Å²) in [6.07, 6.45) is 12.6. The van der Waals surface area contributed by atoms with E-state index in [1.807, 2.05) is 6.07 Å². The van der Waals surface area contributed by atoms with Crippen molar-refractivity contribution >= 4 is 0 Å². The van der Waals surface area contributed by atoms with Gasteiger partial charge in [0.1, 0.15) is 0 Å². The average Bonchev–Trinajstić information content (AvgIpc) is 2.60. The fraction of sp³-hybridized carbons (Fsp3) is 0.591. The Bertz CT molecular complexity index is 544. The van der Waals surface area contributed by atoms with Crippen molar-refractivity contribution in [2.24, 2.45) is 11.8 Å². The first-order chi connectivity index (χ1) is 11.3. The Morgan fingerprint density at radius 1 is 0.957 bits per heavy atom. The van der Waals surface area contributed by atoms with Crippen LogP contribution in [0, 0.1) is 35.0 Å². The summed E-state index contributed by atoms with van der Waals surface area (Å²) in [6.45, 7) is 2.26. The highest BCUT2D eigenvalue weighted by atomic mass is 14.2. The molecule has 0 unspecified atom stereocenters. The number of rotatable bonds is 7. The third kappa shape index (κ3) is 6.50. The lowest BCUT2D eigenvalue weighted by molar-refractivity contribution is 0.302. The second kappa shape index (κ2) is 10.1. The lowest BCUT2D eigenvalue weighted by Gasteiger charge is -2.25. The fourth-order valence-corrected chi connectivity index (χ4v) is 3.55. The van der Waals surface area contributed by atoms with Crippen molar-refractivity contribution < 1.29 is 0 Å². The van der Waals surface area contributed by atoms with E-state index in [1.165, 1.54) is 75.3 Å². The van der Waals surface area contributed by atoms with Gasteiger partial charge in [-0.25, -0.2) is 0 Å². The minimum Gasteiger partial charge on any atom is -0.183 e. The SMILES string of the molecule is CCCCCc1ccc(CCC2CCC(C#CC#N)CC2)cc1. The first-order valence-corrected chi connectivity index (χ1v) is 9.29. The van der Waals surface area contributed by atoms with E-state index >= 15 is 0 Å². The zero-order chi connectivity index (χ0) is 16.3. The summed E-state index contributed by atoms with van der Waals surface area (Å²) in [5.74, 6) is 6.96. The number of hydrogen-bond acceptors (Lipinski definition) is 1. The standard InChI is InChI=1S/C22H29N/c1-2-3-4-6-19-8-12-21(13-9-19)16-17-22-14-10-20(11-15-22)7-5-18-23/h8-9,12-13,20,22H,2-4,6,10-11,14-17H2,1H3. The molecule has 0 spiro atoms. The molecule has 0 saturated heterocycles. The smallest absolute Gasteiger partial charge is 0.152 e. The monoisotopic (exact) mass is 307 g/mol. The summed E-state index contributed by atoms with van der Waals surface area (Å²) in [5.41, 5.74) is 2.97. The summed E-state index contributed by atoms with van der Waals surface area (Å²) >= 11 is 0. The van der Waals surface area contributed by atoms with Gasteiger partial charge in [-0.2, -0.15) is 5.26 Å².